The van der Waals surface area contributed by atoms with Gasteiger partial charge in [0.2, 0.25) is 0 Å². The van der Waals surface area contributed by atoms with Crippen molar-refractivity contribution in [1.82, 2.24) is 29.9 Å². The molecule has 0 spiro atoms. The molecule has 0 atom stereocenters. The normalized spacial score (nSPS) is 11.1. The molecule has 7 heteroatoms. The van der Waals surface area contributed by atoms with Crippen molar-refractivity contribution in [3.63, 3.8) is 0 Å². The first-order chi connectivity index (χ1) is 8.65. The Labute approximate surface area is 108 Å². The summed E-state index contributed by atoms with van der Waals surface area (Å²) in [7, 11) is 0. The van der Waals surface area contributed by atoms with Crippen molar-refractivity contribution in [2.75, 3.05) is 0 Å². The van der Waals surface area contributed by atoms with Gasteiger partial charge in [-0.1, -0.05) is 11.6 Å². The zero-order chi connectivity index (χ0) is 12.7. The van der Waals surface area contributed by atoms with E-state index in [4.69, 9.17) is 11.6 Å². The minimum absolute atomic E-state index is 0.392. The Balaban J connectivity index is 2.27. The zero-order valence-corrected chi connectivity index (χ0v) is 10.5. The average Bonchev–Trinajstić information content (AvgIpc) is 2.74. The molecule has 0 aliphatic heterocycles. The molecule has 0 unspecified atom stereocenters. The van der Waals surface area contributed by atoms with Crippen molar-refractivity contribution < 1.29 is 0 Å². The highest BCUT2D eigenvalue weighted by Crippen LogP contribution is 2.21. The zero-order valence-electron chi connectivity index (χ0n) is 9.79. The van der Waals surface area contributed by atoms with E-state index in [1.165, 1.54) is 0 Å². The Hall–Kier alpha value is -2.08. The minimum Gasteiger partial charge on any atom is -0.221 e. The molecule has 0 radical (unpaired) electrons. The Bertz CT molecular complexity index is 718. The van der Waals surface area contributed by atoms with Crippen LogP contribution < -0.4 is 0 Å². The minimum atomic E-state index is 0.392. The number of halogens is 1. The van der Waals surface area contributed by atoms with E-state index in [0.717, 1.165) is 5.69 Å². The lowest BCUT2D eigenvalue weighted by Gasteiger charge is -2.02. The number of aryl methyl sites for hydroxylation is 2. The summed E-state index contributed by atoms with van der Waals surface area (Å²) in [6.07, 6.45) is 1.62. The Kier molecular flexibility index (Phi) is 2.45. The van der Waals surface area contributed by atoms with Gasteiger partial charge >= 0.3 is 0 Å². The van der Waals surface area contributed by atoms with E-state index in [1.54, 1.807) is 17.8 Å². The summed E-state index contributed by atoms with van der Waals surface area (Å²) in [4.78, 5) is 8.42. The van der Waals surface area contributed by atoms with Crippen LogP contribution in [0.4, 0.5) is 0 Å². The van der Waals surface area contributed by atoms with Crippen molar-refractivity contribution >= 4 is 22.6 Å². The van der Waals surface area contributed by atoms with Crippen molar-refractivity contribution in [1.29, 1.82) is 0 Å². The van der Waals surface area contributed by atoms with E-state index in [1.807, 2.05) is 19.1 Å². The van der Waals surface area contributed by atoms with Crippen molar-refractivity contribution in [3.8, 4) is 5.82 Å². The van der Waals surface area contributed by atoms with Gasteiger partial charge in [-0.3, -0.25) is 0 Å². The second kappa shape index (κ2) is 3.99. The highest BCUT2D eigenvalue weighted by molar-refractivity contribution is 6.33. The maximum atomic E-state index is 6.05. The molecule has 6 nitrogen and oxygen atoms in total. The Morgan fingerprint density at radius 3 is 2.67 bits per heavy atom. The van der Waals surface area contributed by atoms with Gasteiger partial charge in [-0.25, -0.2) is 9.97 Å². The fourth-order valence-corrected chi connectivity index (χ4v) is 1.90. The summed E-state index contributed by atoms with van der Waals surface area (Å²) < 4.78 is 1.60. The number of aromatic nitrogens is 6. The van der Waals surface area contributed by atoms with Gasteiger partial charge in [-0.05, 0) is 26.0 Å². The lowest BCUT2D eigenvalue weighted by molar-refractivity contribution is 0.816. The first-order valence-corrected chi connectivity index (χ1v) is 5.71. The number of fused-ring (bicyclic) bond motifs is 1. The molecule has 18 heavy (non-hydrogen) atoms. The van der Waals surface area contributed by atoms with Gasteiger partial charge in [-0.15, -0.1) is 5.10 Å². The molecular formula is C11H9ClN6. The SMILES string of the molecule is Cc1ccc(-n2ncc3c(Cl)nc(C)nc32)nn1. The van der Waals surface area contributed by atoms with Crippen LogP contribution in [-0.4, -0.2) is 29.9 Å². The molecular weight excluding hydrogens is 252 g/mol. The lowest BCUT2D eigenvalue weighted by Crippen LogP contribution is -2.03. The van der Waals surface area contributed by atoms with Crippen molar-refractivity contribution in [2.45, 2.75) is 13.8 Å². The molecule has 0 N–H and O–H groups in total. The summed E-state index contributed by atoms with van der Waals surface area (Å²) in [5, 5.41) is 13.4. The molecule has 3 heterocycles. The predicted octanol–water partition coefficient (Wildman–Crippen LogP) is 1.88. The van der Waals surface area contributed by atoms with E-state index in [9.17, 15) is 0 Å². The molecule has 0 aromatic carbocycles. The Morgan fingerprint density at radius 1 is 1.11 bits per heavy atom. The third-order valence-corrected chi connectivity index (χ3v) is 2.78. The summed E-state index contributed by atoms with van der Waals surface area (Å²) in [5.74, 6) is 1.19. The van der Waals surface area contributed by atoms with Gasteiger partial charge in [0.05, 0.1) is 17.3 Å². The molecule has 0 amide bonds. The summed E-state index contributed by atoms with van der Waals surface area (Å²) in [6.45, 7) is 3.66. The van der Waals surface area contributed by atoms with Crippen LogP contribution in [0.3, 0.4) is 0 Å². The topological polar surface area (TPSA) is 69.4 Å². The first-order valence-electron chi connectivity index (χ1n) is 5.34. The van der Waals surface area contributed by atoms with E-state index in [-0.39, 0.29) is 0 Å². The Morgan fingerprint density at radius 2 is 1.94 bits per heavy atom. The van der Waals surface area contributed by atoms with Crippen LogP contribution in [0.15, 0.2) is 18.3 Å². The van der Waals surface area contributed by atoms with Crippen molar-refractivity contribution in [2.24, 2.45) is 0 Å². The highest BCUT2D eigenvalue weighted by Gasteiger charge is 2.12. The van der Waals surface area contributed by atoms with Crippen LogP contribution in [-0.2, 0) is 0 Å². The predicted molar refractivity (Wildman–Crippen MR) is 66.7 cm³/mol. The van der Waals surface area contributed by atoms with Crippen LogP contribution in [0, 0.1) is 13.8 Å². The number of hydrogen-bond donors (Lipinski definition) is 0. The fraction of sp³-hybridized carbons (Fsp3) is 0.182. The molecule has 0 aliphatic rings. The van der Waals surface area contributed by atoms with Gasteiger partial charge in [0, 0.05) is 0 Å². The van der Waals surface area contributed by atoms with Gasteiger partial charge in [0.1, 0.15) is 11.0 Å². The number of hydrogen-bond acceptors (Lipinski definition) is 5. The monoisotopic (exact) mass is 260 g/mol. The van der Waals surface area contributed by atoms with Crippen LogP contribution >= 0.6 is 11.6 Å². The summed E-state index contributed by atoms with van der Waals surface area (Å²) in [5.41, 5.74) is 1.48. The maximum absolute atomic E-state index is 6.05. The smallest absolute Gasteiger partial charge is 0.178 e. The molecule has 3 aromatic heterocycles. The van der Waals surface area contributed by atoms with E-state index in [0.29, 0.717) is 27.8 Å². The molecule has 90 valence electrons. The lowest BCUT2D eigenvalue weighted by atomic mass is 10.4. The second-order valence-electron chi connectivity index (χ2n) is 3.89. The molecule has 3 aromatic rings. The molecule has 0 saturated carbocycles. The molecule has 3 rings (SSSR count). The first kappa shape index (κ1) is 11.0. The average molecular weight is 261 g/mol. The summed E-state index contributed by atoms with van der Waals surface area (Å²) in [6, 6.07) is 3.70. The van der Waals surface area contributed by atoms with Crippen molar-refractivity contribution in [3.05, 3.63) is 35.0 Å². The van der Waals surface area contributed by atoms with Crippen LogP contribution in [0.2, 0.25) is 5.15 Å². The molecule has 0 aliphatic carbocycles. The van der Waals surface area contributed by atoms with Crippen LogP contribution in [0.1, 0.15) is 11.5 Å². The quantitative estimate of drug-likeness (QED) is 0.625. The molecule has 0 bridgehead atoms. The highest BCUT2D eigenvalue weighted by atomic mass is 35.5. The molecule has 0 saturated heterocycles. The van der Waals surface area contributed by atoms with Gasteiger partial charge in [0.15, 0.2) is 11.5 Å². The third-order valence-electron chi connectivity index (χ3n) is 2.49. The second-order valence-corrected chi connectivity index (χ2v) is 4.25. The third kappa shape index (κ3) is 1.70. The van der Waals surface area contributed by atoms with Gasteiger partial charge in [0.25, 0.3) is 0 Å². The fourth-order valence-electron chi connectivity index (χ4n) is 1.65. The number of nitrogens with zero attached hydrogens (tertiary/aromatic N) is 6. The molecule has 0 fully saturated rings. The van der Waals surface area contributed by atoms with Gasteiger partial charge in [-0.2, -0.15) is 14.9 Å². The standard InChI is InChI=1S/C11H9ClN6/c1-6-3-4-9(17-16-6)18-11-8(5-13-18)10(12)14-7(2)15-11/h3-5H,1-2H3. The van der Waals surface area contributed by atoms with Crippen LogP contribution in [0.25, 0.3) is 16.9 Å². The van der Waals surface area contributed by atoms with Gasteiger partial charge < -0.3 is 0 Å². The largest absolute Gasteiger partial charge is 0.221 e. The number of rotatable bonds is 1. The van der Waals surface area contributed by atoms with E-state index >= 15 is 0 Å². The van der Waals surface area contributed by atoms with E-state index in [2.05, 4.69) is 25.3 Å². The maximum Gasteiger partial charge on any atom is 0.178 e. The van der Waals surface area contributed by atoms with Crippen LogP contribution in [0.5, 0.6) is 0 Å². The van der Waals surface area contributed by atoms with E-state index < -0.39 is 0 Å². The summed E-state index contributed by atoms with van der Waals surface area (Å²) >= 11 is 6.05.